The van der Waals surface area contributed by atoms with Crippen molar-refractivity contribution in [3.8, 4) is 11.4 Å². The molecule has 2 heterocycles. The van der Waals surface area contributed by atoms with E-state index in [2.05, 4.69) is 10.2 Å². The van der Waals surface area contributed by atoms with E-state index < -0.39 is 0 Å². The molecule has 0 unspecified atom stereocenters. The van der Waals surface area contributed by atoms with Crippen molar-refractivity contribution in [2.45, 2.75) is 30.5 Å². The van der Waals surface area contributed by atoms with Gasteiger partial charge in [-0.15, -0.1) is 10.2 Å². The number of aromatic nitrogens is 3. The fourth-order valence-corrected chi connectivity index (χ4v) is 3.62. The summed E-state index contributed by atoms with van der Waals surface area (Å²) in [6.07, 6.45) is 3.92. The predicted molar refractivity (Wildman–Crippen MR) is 85.8 cm³/mol. The highest BCUT2D eigenvalue weighted by Crippen LogP contribution is 2.29. The minimum Gasteiger partial charge on any atom is -0.377 e. The average Bonchev–Trinajstić information content (AvgIpc) is 2.88. The molecule has 1 aliphatic rings. The van der Waals surface area contributed by atoms with Crippen molar-refractivity contribution in [2.75, 3.05) is 12.4 Å². The van der Waals surface area contributed by atoms with E-state index in [-0.39, 0.29) is 0 Å². The van der Waals surface area contributed by atoms with Crippen LogP contribution in [0.25, 0.3) is 11.4 Å². The molecule has 2 aromatic rings. The van der Waals surface area contributed by atoms with Crippen molar-refractivity contribution in [1.82, 2.24) is 14.8 Å². The second kappa shape index (κ2) is 6.81. The highest BCUT2D eigenvalue weighted by Gasteiger charge is 2.17. The van der Waals surface area contributed by atoms with Crippen LogP contribution in [-0.4, -0.2) is 33.2 Å². The van der Waals surface area contributed by atoms with Crippen LogP contribution in [0.4, 0.5) is 0 Å². The molecule has 0 N–H and O–H groups in total. The summed E-state index contributed by atoms with van der Waals surface area (Å²) >= 11 is 7.93. The predicted octanol–water partition coefficient (Wildman–Crippen LogP) is 3.80. The lowest BCUT2D eigenvalue weighted by molar-refractivity contribution is 0.0315. The molecule has 0 radical (unpaired) electrons. The Hall–Kier alpha value is -1.04. The van der Waals surface area contributed by atoms with Gasteiger partial charge < -0.3 is 9.30 Å². The lowest BCUT2D eigenvalue weighted by Gasteiger charge is -2.21. The van der Waals surface area contributed by atoms with Gasteiger partial charge in [0.1, 0.15) is 0 Å². The van der Waals surface area contributed by atoms with Gasteiger partial charge in [-0.3, -0.25) is 0 Å². The maximum Gasteiger partial charge on any atom is 0.191 e. The molecule has 4 nitrogen and oxygen atoms in total. The van der Waals surface area contributed by atoms with Crippen molar-refractivity contribution < 1.29 is 4.74 Å². The largest absolute Gasteiger partial charge is 0.377 e. The molecule has 0 saturated carbocycles. The Morgan fingerprint density at radius 2 is 2.19 bits per heavy atom. The number of halogens is 1. The van der Waals surface area contributed by atoms with Gasteiger partial charge >= 0.3 is 0 Å². The topological polar surface area (TPSA) is 39.9 Å². The number of hydrogen-bond acceptors (Lipinski definition) is 4. The quantitative estimate of drug-likeness (QED) is 0.802. The van der Waals surface area contributed by atoms with Crippen LogP contribution in [0.2, 0.25) is 5.02 Å². The van der Waals surface area contributed by atoms with E-state index in [1.807, 2.05) is 35.9 Å². The van der Waals surface area contributed by atoms with Gasteiger partial charge in [-0.1, -0.05) is 35.5 Å². The number of ether oxygens (including phenoxy) is 1. The Morgan fingerprint density at radius 3 is 2.95 bits per heavy atom. The molecule has 1 aromatic carbocycles. The Balaban J connectivity index is 1.72. The molecular formula is C15H18ClN3OS. The Bertz CT molecular complexity index is 611. The van der Waals surface area contributed by atoms with Gasteiger partial charge in [0.15, 0.2) is 11.0 Å². The van der Waals surface area contributed by atoms with Gasteiger partial charge in [0.2, 0.25) is 0 Å². The molecule has 1 atom stereocenters. The molecule has 21 heavy (non-hydrogen) atoms. The first-order valence-corrected chi connectivity index (χ1v) is 8.51. The zero-order valence-electron chi connectivity index (χ0n) is 12.0. The Kier molecular flexibility index (Phi) is 4.83. The van der Waals surface area contributed by atoms with Crippen LogP contribution in [0, 0.1) is 0 Å². The number of nitrogens with zero attached hydrogens (tertiary/aromatic N) is 3. The summed E-state index contributed by atoms with van der Waals surface area (Å²) in [5, 5.41) is 10.2. The van der Waals surface area contributed by atoms with Gasteiger partial charge in [0, 0.05) is 25.0 Å². The van der Waals surface area contributed by atoms with E-state index in [1.54, 1.807) is 11.8 Å². The average molecular weight is 324 g/mol. The monoisotopic (exact) mass is 323 g/mol. The van der Waals surface area contributed by atoms with E-state index >= 15 is 0 Å². The molecule has 0 bridgehead atoms. The fraction of sp³-hybridized carbons (Fsp3) is 0.467. The minimum atomic E-state index is 0.337. The smallest absolute Gasteiger partial charge is 0.191 e. The molecule has 0 amide bonds. The lowest BCUT2D eigenvalue weighted by atomic mass is 10.1. The fourth-order valence-electron chi connectivity index (χ4n) is 2.42. The van der Waals surface area contributed by atoms with E-state index in [1.165, 1.54) is 12.8 Å². The van der Waals surface area contributed by atoms with Gasteiger partial charge in [-0.2, -0.15) is 0 Å². The molecule has 6 heteroatoms. The first-order chi connectivity index (χ1) is 10.3. The van der Waals surface area contributed by atoms with Gasteiger partial charge in [-0.25, -0.2) is 0 Å². The van der Waals surface area contributed by atoms with Crippen molar-refractivity contribution in [1.29, 1.82) is 0 Å². The summed E-state index contributed by atoms with van der Waals surface area (Å²) in [5.74, 6) is 1.72. The SMILES string of the molecule is Cn1c(SC[C@@H]2CCCCO2)nnc1-c1ccccc1Cl. The van der Waals surface area contributed by atoms with E-state index in [0.717, 1.165) is 35.3 Å². The number of hydrogen-bond donors (Lipinski definition) is 0. The summed E-state index contributed by atoms with van der Waals surface area (Å²) < 4.78 is 7.75. The molecule has 1 fully saturated rings. The second-order valence-electron chi connectivity index (χ2n) is 5.14. The van der Waals surface area contributed by atoms with Crippen LogP contribution >= 0.6 is 23.4 Å². The van der Waals surface area contributed by atoms with Crippen LogP contribution in [0.15, 0.2) is 29.4 Å². The van der Waals surface area contributed by atoms with E-state index in [9.17, 15) is 0 Å². The van der Waals surface area contributed by atoms with Crippen LogP contribution < -0.4 is 0 Å². The zero-order valence-corrected chi connectivity index (χ0v) is 13.5. The number of thioether (sulfide) groups is 1. The van der Waals surface area contributed by atoms with Gasteiger partial charge in [0.25, 0.3) is 0 Å². The van der Waals surface area contributed by atoms with Crippen molar-refractivity contribution in [3.05, 3.63) is 29.3 Å². The minimum absolute atomic E-state index is 0.337. The van der Waals surface area contributed by atoms with Crippen LogP contribution in [0.5, 0.6) is 0 Å². The molecule has 1 saturated heterocycles. The molecule has 3 rings (SSSR count). The molecule has 0 spiro atoms. The van der Waals surface area contributed by atoms with Crippen LogP contribution in [-0.2, 0) is 11.8 Å². The summed E-state index contributed by atoms with van der Waals surface area (Å²) in [5.41, 5.74) is 0.912. The van der Waals surface area contributed by atoms with E-state index in [4.69, 9.17) is 16.3 Å². The molecule has 1 aromatic heterocycles. The highest BCUT2D eigenvalue weighted by molar-refractivity contribution is 7.99. The zero-order chi connectivity index (χ0) is 14.7. The Morgan fingerprint density at radius 1 is 1.33 bits per heavy atom. The second-order valence-corrected chi connectivity index (χ2v) is 6.54. The first kappa shape index (κ1) is 14.9. The molecule has 112 valence electrons. The van der Waals surface area contributed by atoms with Gasteiger partial charge in [0.05, 0.1) is 11.1 Å². The maximum absolute atomic E-state index is 6.23. The number of rotatable bonds is 4. The first-order valence-electron chi connectivity index (χ1n) is 7.14. The third kappa shape index (κ3) is 3.42. The standard InChI is InChI=1S/C15H18ClN3OS/c1-19-14(12-7-2-3-8-13(12)16)17-18-15(19)21-10-11-6-4-5-9-20-11/h2-3,7-8,11H,4-6,9-10H2,1H3/t11-/m0/s1. The van der Waals surface area contributed by atoms with Crippen molar-refractivity contribution >= 4 is 23.4 Å². The molecular weight excluding hydrogens is 306 g/mol. The maximum atomic E-state index is 6.23. The third-order valence-electron chi connectivity index (χ3n) is 3.62. The third-order valence-corrected chi connectivity index (χ3v) is 5.10. The molecule has 1 aliphatic heterocycles. The summed E-state index contributed by atoms with van der Waals surface area (Å²) in [7, 11) is 1.97. The van der Waals surface area contributed by atoms with Crippen molar-refractivity contribution in [2.24, 2.45) is 7.05 Å². The van der Waals surface area contributed by atoms with E-state index in [0.29, 0.717) is 11.1 Å². The summed E-state index contributed by atoms with van der Waals surface area (Å²) in [4.78, 5) is 0. The molecule has 0 aliphatic carbocycles. The highest BCUT2D eigenvalue weighted by atomic mass is 35.5. The number of benzene rings is 1. The summed E-state index contributed by atoms with van der Waals surface area (Å²) in [6.45, 7) is 0.884. The van der Waals surface area contributed by atoms with Gasteiger partial charge in [-0.05, 0) is 31.4 Å². The van der Waals surface area contributed by atoms with Crippen LogP contribution in [0.1, 0.15) is 19.3 Å². The summed E-state index contributed by atoms with van der Waals surface area (Å²) in [6, 6.07) is 7.70. The van der Waals surface area contributed by atoms with Crippen LogP contribution in [0.3, 0.4) is 0 Å². The Labute approximate surface area is 133 Å². The lowest BCUT2D eigenvalue weighted by Crippen LogP contribution is -2.21. The van der Waals surface area contributed by atoms with Crippen molar-refractivity contribution in [3.63, 3.8) is 0 Å². The normalized spacial score (nSPS) is 18.9.